The van der Waals surface area contributed by atoms with Crippen molar-refractivity contribution in [3.05, 3.63) is 71.8 Å². The van der Waals surface area contributed by atoms with Crippen molar-refractivity contribution in [3.63, 3.8) is 0 Å². The summed E-state index contributed by atoms with van der Waals surface area (Å²) in [6, 6.07) is 21.1. The van der Waals surface area contributed by atoms with E-state index in [1.807, 2.05) is 49.9 Å². The van der Waals surface area contributed by atoms with E-state index in [-0.39, 0.29) is 12.1 Å². The van der Waals surface area contributed by atoms with E-state index >= 15 is 0 Å². The number of piperidine rings is 1. The fourth-order valence-electron chi connectivity index (χ4n) is 3.54. The van der Waals surface area contributed by atoms with Crippen LogP contribution in [-0.2, 0) is 11.3 Å². The molecule has 1 heterocycles. The molecule has 2 aromatic carbocycles. The molecule has 3 rings (SSSR count). The van der Waals surface area contributed by atoms with E-state index < -0.39 is 5.60 Å². The minimum Gasteiger partial charge on any atom is -0.444 e. The molecule has 1 saturated heterocycles. The maximum atomic E-state index is 12.8. The molecule has 4 heteroatoms. The Hall–Kier alpha value is -2.33. The van der Waals surface area contributed by atoms with Gasteiger partial charge in [0.2, 0.25) is 0 Å². The summed E-state index contributed by atoms with van der Waals surface area (Å²) in [6.45, 7) is 7.28. The first kappa shape index (κ1) is 19.4. The number of rotatable bonds is 4. The minimum absolute atomic E-state index is 0.0306. The Morgan fingerprint density at radius 3 is 2.33 bits per heavy atom. The summed E-state index contributed by atoms with van der Waals surface area (Å²) in [5.74, 6) is 0. The van der Waals surface area contributed by atoms with Crippen molar-refractivity contribution in [1.29, 1.82) is 0 Å². The first-order chi connectivity index (χ1) is 12.9. The van der Waals surface area contributed by atoms with Crippen molar-refractivity contribution in [2.75, 3.05) is 6.54 Å². The molecule has 0 spiro atoms. The molecule has 144 valence electrons. The second kappa shape index (κ2) is 8.57. The quantitative estimate of drug-likeness (QED) is 0.835. The molecule has 0 aromatic heterocycles. The number of hydrogen-bond donors (Lipinski definition) is 1. The number of carbonyl (C=O) groups excluding carboxylic acids is 1. The average molecular weight is 367 g/mol. The highest BCUT2D eigenvalue weighted by atomic mass is 16.6. The Bertz CT molecular complexity index is 725. The second-order valence-electron chi connectivity index (χ2n) is 8.19. The fourth-order valence-corrected chi connectivity index (χ4v) is 3.54. The largest absolute Gasteiger partial charge is 0.444 e. The predicted octanol–water partition coefficient (Wildman–Crippen LogP) is 4.92. The zero-order valence-corrected chi connectivity index (χ0v) is 16.5. The van der Waals surface area contributed by atoms with Crippen molar-refractivity contribution >= 4 is 6.09 Å². The molecule has 2 unspecified atom stereocenters. The number of nitrogens with one attached hydrogen (secondary N) is 1. The molecule has 1 aliphatic rings. The summed E-state index contributed by atoms with van der Waals surface area (Å²) in [7, 11) is 0. The normalized spacial score (nSPS) is 20.3. The standard InChI is InChI=1S/C23H30N2O2/c1-23(2,3)27-22(26)25-15-14-20(24-17-18-10-6-4-7-11-18)16-21(25)19-12-8-5-9-13-19/h4-13,20-21,24H,14-17H2,1-3H3. The lowest BCUT2D eigenvalue weighted by molar-refractivity contribution is 0.00652. The molecule has 0 saturated carbocycles. The van der Waals surface area contributed by atoms with Crippen molar-refractivity contribution in [3.8, 4) is 0 Å². The molecule has 1 aliphatic heterocycles. The van der Waals surface area contributed by atoms with E-state index in [0.29, 0.717) is 12.6 Å². The number of amides is 1. The summed E-state index contributed by atoms with van der Waals surface area (Å²) < 4.78 is 5.66. The van der Waals surface area contributed by atoms with Crippen LogP contribution in [0.1, 0.15) is 50.8 Å². The average Bonchev–Trinajstić information content (AvgIpc) is 2.66. The van der Waals surface area contributed by atoms with Crippen molar-refractivity contribution in [2.45, 2.75) is 57.8 Å². The summed E-state index contributed by atoms with van der Waals surface area (Å²) in [4.78, 5) is 14.7. The van der Waals surface area contributed by atoms with Gasteiger partial charge in [0.1, 0.15) is 5.60 Å². The van der Waals surface area contributed by atoms with Gasteiger partial charge >= 0.3 is 6.09 Å². The molecular formula is C23H30N2O2. The first-order valence-corrected chi connectivity index (χ1v) is 9.74. The van der Waals surface area contributed by atoms with Crippen LogP contribution in [-0.4, -0.2) is 29.2 Å². The van der Waals surface area contributed by atoms with Gasteiger partial charge in [-0.3, -0.25) is 0 Å². The smallest absolute Gasteiger partial charge is 0.410 e. The van der Waals surface area contributed by atoms with Gasteiger partial charge in [0, 0.05) is 19.1 Å². The van der Waals surface area contributed by atoms with Crippen molar-refractivity contribution in [1.82, 2.24) is 10.2 Å². The first-order valence-electron chi connectivity index (χ1n) is 9.74. The van der Waals surface area contributed by atoms with Crippen LogP contribution in [0.5, 0.6) is 0 Å². The minimum atomic E-state index is -0.485. The Labute approximate surface area is 162 Å². The number of nitrogens with zero attached hydrogens (tertiary/aromatic N) is 1. The third kappa shape index (κ3) is 5.57. The van der Waals surface area contributed by atoms with E-state index in [9.17, 15) is 4.79 Å². The highest BCUT2D eigenvalue weighted by Crippen LogP contribution is 2.32. The van der Waals surface area contributed by atoms with E-state index in [4.69, 9.17) is 4.74 Å². The topological polar surface area (TPSA) is 41.6 Å². The van der Waals surface area contributed by atoms with Crippen LogP contribution in [0.4, 0.5) is 4.79 Å². The highest BCUT2D eigenvalue weighted by molar-refractivity contribution is 5.69. The molecule has 4 nitrogen and oxygen atoms in total. The van der Waals surface area contributed by atoms with Gasteiger partial charge in [-0.25, -0.2) is 4.79 Å². The lowest BCUT2D eigenvalue weighted by Gasteiger charge is -2.40. The van der Waals surface area contributed by atoms with Gasteiger partial charge in [-0.1, -0.05) is 60.7 Å². The van der Waals surface area contributed by atoms with Gasteiger partial charge in [-0.05, 0) is 44.7 Å². The Kier molecular flexibility index (Phi) is 6.17. The Morgan fingerprint density at radius 1 is 1.07 bits per heavy atom. The van der Waals surface area contributed by atoms with Gasteiger partial charge in [-0.15, -0.1) is 0 Å². The fraction of sp³-hybridized carbons (Fsp3) is 0.435. The lowest BCUT2D eigenvalue weighted by Crippen LogP contribution is -2.48. The van der Waals surface area contributed by atoms with Gasteiger partial charge in [0.15, 0.2) is 0 Å². The monoisotopic (exact) mass is 366 g/mol. The molecule has 1 amide bonds. The van der Waals surface area contributed by atoms with Crippen LogP contribution in [0, 0.1) is 0 Å². The molecule has 0 bridgehead atoms. The van der Waals surface area contributed by atoms with E-state index in [1.165, 1.54) is 5.56 Å². The second-order valence-corrected chi connectivity index (χ2v) is 8.19. The van der Waals surface area contributed by atoms with Crippen molar-refractivity contribution in [2.24, 2.45) is 0 Å². The predicted molar refractivity (Wildman–Crippen MR) is 108 cm³/mol. The zero-order chi connectivity index (χ0) is 19.3. The molecule has 1 fully saturated rings. The molecular weight excluding hydrogens is 336 g/mol. The molecule has 0 radical (unpaired) electrons. The molecule has 2 atom stereocenters. The van der Waals surface area contributed by atoms with Gasteiger partial charge in [-0.2, -0.15) is 0 Å². The summed E-state index contributed by atoms with van der Waals surface area (Å²) in [5, 5.41) is 3.67. The SMILES string of the molecule is CC(C)(C)OC(=O)N1CCC(NCc2ccccc2)CC1c1ccccc1. The third-order valence-electron chi connectivity index (χ3n) is 4.85. The number of carbonyl (C=O) groups is 1. The van der Waals surface area contributed by atoms with Crippen LogP contribution in [0.15, 0.2) is 60.7 Å². The Morgan fingerprint density at radius 2 is 1.70 bits per heavy atom. The number of hydrogen-bond acceptors (Lipinski definition) is 3. The van der Waals surface area contributed by atoms with Crippen LogP contribution < -0.4 is 5.32 Å². The molecule has 1 N–H and O–H groups in total. The summed E-state index contributed by atoms with van der Waals surface area (Å²) in [6.07, 6.45) is 1.59. The van der Waals surface area contributed by atoms with E-state index in [2.05, 4.69) is 41.7 Å². The van der Waals surface area contributed by atoms with Crippen LogP contribution in [0.2, 0.25) is 0 Å². The van der Waals surface area contributed by atoms with Crippen LogP contribution >= 0.6 is 0 Å². The molecule has 0 aliphatic carbocycles. The number of ether oxygens (including phenoxy) is 1. The number of likely N-dealkylation sites (tertiary alicyclic amines) is 1. The summed E-state index contributed by atoms with van der Waals surface area (Å²) >= 11 is 0. The van der Waals surface area contributed by atoms with Crippen molar-refractivity contribution < 1.29 is 9.53 Å². The Balaban J connectivity index is 1.70. The lowest BCUT2D eigenvalue weighted by atomic mass is 9.92. The van der Waals surface area contributed by atoms with Gasteiger partial charge in [0.25, 0.3) is 0 Å². The maximum Gasteiger partial charge on any atom is 0.410 e. The van der Waals surface area contributed by atoms with E-state index in [1.54, 1.807) is 0 Å². The van der Waals surface area contributed by atoms with E-state index in [0.717, 1.165) is 24.9 Å². The van der Waals surface area contributed by atoms with Gasteiger partial charge in [0.05, 0.1) is 6.04 Å². The van der Waals surface area contributed by atoms with Gasteiger partial charge < -0.3 is 15.0 Å². The molecule has 2 aromatic rings. The highest BCUT2D eigenvalue weighted by Gasteiger charge is 2.34. The van der Waals surface area contributed by atoms with Crippen LogP contribution in [0.3, 0.4) is 0 Å². The molecule has 27 heavy (non-hydrogen) atoms. The number of benzene rings is 2. The summed E-state index contributed by atoms with van der Waals surface area (Å²) in [5.41, 5.74) is 1.96. The van der Waals surface area contributed by atoms with Crippen LogP contribution in [0.25, 0.3) is 0 Å². The zero-order valence-electron chi connectivity index (χ0n) is 16.5. The third-order valence-corrected chi connectivity index (χ3v) is 4.85. The maximum absolute atomic E-state index is 12.8.